The van der Waals surface area contributed by atoms with Crippen LogP contribution in [0.5, 0.6) is 0 Å². The Hall–Kier alpha value is -2.48. The lowest BCUT2D eigenvalue weighted by Crippen LogP contribution is -2.36. The van der Waals surface area contributed by atoms with Gasteiger partial charge < -0.3 is 14.4 Å². The van der Waals surface area contributed by atoms with Crippen molar-refractivity contribution >= 4 is 6.09 Å². The molecule has 1 fully saturated rings. The molecule has 1 amide bonds. The van der Waals surface area contributed by atoms with Crippen molar-refractivity contribution in [3.05, 3.63) is 35.8 Å². The van der Waals surface area contributed by atoms with E-state index in [2.05, 4.69) is 10.3 Å². The summed E-state index contributed by atoms with van der Waals surface area (Å²) in [5, 5.41) is 8.49. The molecule has 7 nitrogen and oxygen atoms in total. The maximum absolute atomic E-state index is 13.5. The molecule has 1 aromatic carbocycles. The average molecular weight is 360 g/mol. The fourth-order valence-electron chi connectivity index (χ4n) is 3.39. The molecular formula is C18H21FN4O3. The molecule has 4 rings (SSSR count). The van der Waals surface area contributed by atoms with Crippen molar-refractivity contribution in [3.63, 3.8) is 0 Å². The van der Waals surface area contributed by atoms with Crippen molar-refractivity contribution in [2.45, 2.75) is 45.1 Å². The second-order valence-electron chi connectivity index (χ2n) is 7.64. The number of benzene rings is 1. The average Bonchev–Trinajstić information content (AvgIpc) is 3.17. The third-order valence-electron chi connectivity index (χ3n) is 4.53. The van der Waals surface area contributed by atoms with Crippen LogP contribution < -0.4 is 0 Å². The Morgan fingerprint density at radius 2 is 2.15 bits per heavy atom. The Morgan fingerprint density at radius 1 is 1.35 bits per heavy atom. The topological polar surface area (TPSA) is 69.5 Å². The van der Waals surface area contributed by atoms with E-state index in [0.29, 0.717) is 31.0 Å². The molecule has 1 unspecified atom stereocenters. The molecule has 0 aliphatic carbocycles. The zero-order valence-electron chi connectivity index (χ0n) is 15.0. The minimum Gasteiger partial charge on any atom is -0.444 e. The van der Waals surface area contributed by atoms with Gasteiger partial charge in [-0.05, 0) is 32.9 Å². The Kier molecular flexibility index (Phi) is 3.95. The first-order valence-electron chi connectivity index (χ1n) is 8.61. The Morgan fingerprint density at radius 3 is 2.88 bits per heavy atom. The number of hydrogen-bond donors (Lipinski definition) is 0. The summed E-state index contributed by atoms with van der Waals surface area (Å²) in [6.45, 7) is 6.73. The van der Waals surface area contributed by atoms with Gasteiger partial charge in [-0.3, -0.25) is 0 Å². The molecule has 26 heavy (non-hydrogen) atoms. The van der Waals surface area contributed by atoms with Crippen molar-refractivity contribution in [1.82, 2.24) is 19.9 Å². The summed E-state index contributed by atoms with van der Waals surface area (Å²) >= 11 is 0. The van der Waals surface area contributed by atoms with Crippen molar-refractivity contribution < 1.29 is 18.7 Å². The molecule has 3 heterocycles. The molecule has 2 aromatic rings. The fraction of sp³-hybridized carbons (Fsp3) is 0.500. The van der Waals surface area contributed by atoms with Gasteiger partial charge in [0.15, 0.2) is 0 Å². The molecule has 0 bridgehead atoms. The highest BCUT2D eigenvalue weighted by Gasteiger charge is 2.43. The monoisotopic (exact) mass is 360 g/mol. The third kappa shape index (κ3) is 3.05. The summed E-state index contributed by atoms with van der Waals surface area (Å²) in [4.78, 5) is 14.0. The van der Waals surface area contributed by atoms with Crippen LogP contribution in [0.4, 0.5) is 9.18 Å². The van der Waals surface area contributed by atoms with E-state index in [4.69, 9.17) is 9.47 Å². The zero-order chi connectivity index (χ0) is 18.5. The van der Waals surface area contributed by atoms with Gasteiger partial charge in [0.2, 0.25) is 0 Å². The number of fused-ring (bicyclic) bond motifs is 3. The first-order chi connectivity index (χ1) is 12.3. The van der Waals surface area contributed by atoms with Crippen molar-refractivity contribution in [1.29, 1.82) is 0 Å². The van der Waals surface area contributed by atoms with E-state index >= 15 is 0 Å². The van der Waals surface area contributed by atoms with Gasteiger partial charge in [-0.25, -0.2) is 13.9 Å². The van der Waals surface area contributed by atoms with Gasteiger partial charge in [-0.2, -0.15) is 0 Å². The summed E-state index contributed by atoms with van der Waals surface area (Å²) in [6.07, 6.45) is -0.514. The van der Waals surface area contributed by atoms with Gasteiger partial charge >= 0.3 is 6.09 Å². The number of ether oxygens (including phenoxy) is 2. The van der Waals surface area contributed by atoms with Crippen LogP contribution in [0.2, 0.25) is 0 Å². The minimum atomic E-state index is -0.547. The number of nitrogens with zero attached hydrogens (tertiary/aromatic N) is 4. The highest BCUT2D eigenvalue weighted by molar-refractivity contribution is 5.69. The highest BCUT2D eigenvalue weighted by Crippen LogP contribution is 2.34. The Bertz CT molecular complexity index is 845. The number of carbonyl (C=O) groups excluding carboxylic acids is 1. The first-order valence-corrected chi connectivity index (χ1v) is 8.61. The number of hydrogen-bond acceptors (Lipinski definition) is 5. The lowest BCUT2D eigenvalue weighted by Gasteiger charge is -2.26. The Labute approximate surface area is 150 Å². The van der Waals surface area contributed by atoms with Crippen LogP contribution in [0, 0.1) is 5.82 Å². The molecule has 2 aliphatic heterocycles. The predicted octanol–water partition coefficient (Wildman–Crippen LogP) is 2.77. The summed E-state index contributed by atoms with van der Waals surface area (Å²) < 4.78 is 26.7. The van der Waals surface area contributed by atoms with Crippen molar-refractivity contribution in [2.75, 3.05) is 13.1 Å². The summed E-state index contributed by atoms with van der Waals surface area (Å²) in [5.41, 5.74) is 1.52. The van der Waals surface area contributed by atoms with Gasteiger partial charge in [0.05, 0.1) is 31.0 Å². The van der Waals surface area contributed by atoms with Crippen LogP contribution in [0.1, 0.15) is 32.5 Å². The van der Waals surface area contributed by atoms with Crippen molar-refractivity contribution in [2.24, 2.45) is 0 Å². The van der Waals surface area contributed by atoms with Crippen LogP contribution in [-0.2, 0) is 16.1 Å². The van der Waals surface area contributed by atoms with Gasteiger partial charge in [-0.15, -0.1) is 5.10 Å². The van der Waals surface area contributed by atoms with Crippen molar-refractivity contribution in [3.8, 4) is 11.3 Å². The first kappa shape index (κ1) is 17.0. The number of halogens is 1. The van der Waals surface area contributed by atoms with Crippen LogP contribution in [0.15, 0.2) is 24.3 Å². The zero-order valence-corrected chi connectivity index (χ0v) is 15.0. The van der Waals surface area contributed by atoms with Crippen LogP contribution in [-0.4, -0.2) is 50.8 Å². The van der Waals surface area contributed by atoms with Gasteiger partial charge in [0, 0.05) is 12.1 Å². The van der Waals surface area contributed by atoms with E-state index in [-0.39, 0.29) is 24.1 Å². The highest BCUT2D eigenvalue weighted by atomic mass is 19.1. The summed E-state index contributed by atoms with van der Waals surface area (Å²) in [7, 11) is 0. The number of aromatic nitrogens is 3. The second-order valence-corrected chi connectivity index (χ2v) is 7.64. The van der Waals surface area contributed by atoms with Crippen LogP contribution in [0.3, 0.4) is 0 Å². The number of carbonyl (C=O) groups is 1. The summed E-state index contributed by atoms with van der Waals surface area (Å²) in [5.74, 6) is -0.323. The fourth-order valence-corrected chi connectivity index (χ4v) is 3.39. The number of amides is 1. The van der Waals surface area contributed by atoms with E-state index in [1.807, 2.05) is 20.8 Å². The summed E-state index contributed by atoms with van der Waals surface area (Å²) in [6, 6.07) is 6.13. The molecule has 2 aliphatic rings. The molecule has 0 spiro atoms. The maximum atomic E-state index is 13.5. The lowest BCUT2D eigenvalue weighted by molar-refractivity contribution is -0.00718. The standard InChI is InChI=1S/C18H21FN4O3/c1-18(2,3)26-17(24)22-8-13-15(9-22)25-10-14-16(20-21-23(13)14)11-5-4-6-12(19)7-11/h4-7,13,15H,8-10H2,1-3H3/t13-,15?/m0/s1. The van der Waals surface area contributed by atoms with Crippen LogP contribution in [0.25, 0.3) is 11.3 Å². The smallest absolute Gasteiger partial charge is 0.410 e. The molecule has 0 radical (unpaired) electrons. The molecular weight excluding hydrogens is 339 g/mol. The van der Waals surface area contributed by atoms with Gasteiger partial charge in [-0.1, -0.05) is 17.3 Å². The van der Waals surface area contributed by atoms with Crippen LogP contribution >= 0.6 is 0 Å². The molecule has 0 N–H and O–H groups in total. The third-order valence-corrected chi connectivity index (χ3v) is 4.53. The largest absolute Gasteiger partial charge is 0.444 e. The number of rotatable bonds is 1. The molecule has 2 atom stereocenters. The van der Waals surface area contributed by atoms with Gasteiger partial charge in [0.1, 0.15) is 17.1 Å². The predicted molar refractivity (Wildman–Crippen MR) is 90.8 cm³/mol. The minimum absolute atomic E-state index is 0.124. The van der Waals surface area contributed by atoms with E-state index < -0.39 is 5.60 Å². The molecule has 138 valence electrons. The molecule has 1 saturated heterocycles. The molecule has 0 saturated carbocycles. The maximum Gasteiger partial charge on any atom is 0.410 e. The SMILES string of the molecule is CC(C)(C)OC(=O)N1CC2OCc3c(-c4cccc(F)c4)nnn3[C@H]2C1. The molecule has 8 heteroatoms. The quantitative estimate of drug-likeness (QED) is 0.782. The lowest BCUT2D eigenvalue weighted by atomic mass is 10.1. The van der Waals surface area contributed by atoms with E-state index in [1.165, 1.54) is 12.1 Å². The van der Waals surface area contributed by atoms with E-state index in [0.717, 1.165) is 5.69 Å². The van der Waals surface area contributed by atoms with E-state index in [1.54, 1.807) is 21.7 Å². The number of likely N-dealkylation sites (tertiary alicyclic amines) is 1. The van der Waals surface area contributed by atoms with Gasteiger partial charge in [0.25, 0.3) is 0 Å². The Balaban J connectivity index is 1.58. The van der Waals surface area contributed by atoms with E-state index in [9.17, 15) is 9.18 Å². The normalized spacial score (nSPS) is 22.1. The second kappa shape index (κ2) is 6.05. The molecule has 1 aromatic heterocycles.